The van der Waals surface area contributed by atoms with Gasteiger partial charge in [0.1, 0.15) is 5.75 Å². The number of carbonyl (C=O) groups is 1. The molecule has 1 atom stereocenters. The van der Waals surface area contributed by atoms with Crippen molar-refractivity contribution in [1.29, 1.82) is 0 Å². The predicted molar refractivity (Wildman–Crippen MR) is 108 cm³/mol. The van der Waals surface area contributed by atoms with Crippen LogP contribution < -0.4 is 10.5 Å². The molecule has 1 aromatic carbocycles. The van der Waals surface area contributed by atoms with E-state index in [1.807, 2.05) is 12.1 Å². The van der Waals surface area contributed by atoms with Crippen molar-refractivity contribution in [1.82, 2.24) is 4.90 Å². The lowest BCUT2D eigenvalue weighted by molar-refractivity contribution is -0.142. The molecule has 4 nitrogen and oxygen atoms in total. The lowest BCUT2D eigenvalue weighted by atomic mass is 9.67. The highest BCUT2D eigenvalue weighted by Crippen LogP contribution is 2.43. The Morgan fingerprint density at radius 1 is 1.15 bits per heavy atom. The van der Waals surface area contributed by atoms with Gasteiger partial charge in [-0.1, -0.05) is 45.2 Å². The van der Waals surface area contributed by atoms with Gasteiger partial charge in [0, 0.05) is 19.1 Å². The van der Waals surface area contributed by atoms with Gasteiger partial charge in [0.05, 0.1) is 12.5 Å². The molecule has 146 valence electrons. The first-order chi connectivity index (χ1) is 11.9. The van der Waals surface area contributed by atoms with Gasteiger partial charge in [-0.15, -0.1) is 12.4 Å². The molecule has 0 spiro atoms. The van der Waals surface area contributed by atoms with E-state index in [0.717, 1.165) is 56.5 Å². The van der Waals surface area contributed by atoms with E-state index in [1.54, 1.807) is 7.11 Å². The number of likely N-dealkylation sites (tertiary alicyclic amines) is 1. The molecule has 1 heterocycles. The van der Waals surface area contributed by atoms with Crippen molar-refractivity contribution in [2.24, 2.45) is 11.1 Å². The normalized spacial score (nSPS) is 24.5. The fourth-order valence-corrected chi connectivity index (χ4v) is 4.54. The predicted octanol–water partition coefficient (Wildman–Crippen LogP) is 3.90. The van der Waals surface area contributed by atoms with E-state index in [1.165, 1.54) is 6.42 Å². The summed E-state index contributed by atoms with van der Waals surface area (Å²) in [4.78, 5) is 15.8. The Bertz CT molecular complexity index is 609. The summed E-state index contributed by atoms with van der Waals surface area (Å²) in [5, 5.41) is 0. The summed E-state index contributed by atoms with van der Waals surface area (Å²) in [6.45, 7) is 5.89. The fraction of sp³-hybridized carbons (Fsp3) is 0.667. The molecule has 1 saturated carbocycles. The lowest BCUT2D eigenvalue weighted by Crippen LogP contribution is -2.58. The number of halogens is 1. The number of rotatable bonds is 3. The summed E-state index contributed by atoms with van der Waals surface area (Å²) < 4.78 is 5.30. The van der Waals surface area contributed by atoms with Crippen LogP contribution in [0.15, 0.2) is 24.3 Å². The highest BCUT2D eigenvalue weighted by atomic mass is 35.5. The Morgan fingerprint density at radius 2 is 1.77 bits per heavy atom. The van der Waals surface area contributed by atoms with Gasteiger partial charge in [-0.25, -0.2) is 0 Å². The van der Waals surface area contributed by atoms with Crippen LogP contribution in [0.25, 0.3) is 0 Å². The Morgan fingerprint density at radius 3 is 2.31 bits per heavy atom. The molecule has 1 unspecified atom stereocenters. The molecule has 2 N–H and O–H groups in total. The highest BCUT2D eigenvalue weighted by molar-refractivity contribution is 5.88. The maximum absolute atomic E-state index is 13.7. The molecule has 0 radical (unpaired) electrons. The molecular formula is C21H33ClN2O2. The lowest BCUT2D eigenvalue weighted by Gasteiger charge is -2.47. The van der Waals surface area contributed by atoms with Gasteiger partial charge in [0.25, 0.3) is 0 Å². The van der Waals surface area contributed by atoms with E-state index >= 15 is 0 Å². The first-order valence-electron chi connectivity index (χ1n) is 9.58. The molecule has 1 aliphatic heterocycles. The minimum atomic E-state index is -0.373. The number of benzene rings is 1. The smallest absolute Gasteiger partial charge is 0.233 e. The van der Waals surface area contributed by atoms with Crippen LogP contribution in [0.3, 0.4) is 0 Å². The van der Waals surface area contributed by atoms with Crippen molar-refractivity contribution < 1.29 is 9.53 Å². The molecule has 1 aromatic rings. The van der Waals surface area contributed by atoms with Crippen LogP contribution in [0.1, 0.15) is 57.9 Å². The second-order valence-corrected chi connectivity index (χ2v) is 8.48. The van der Waals surface area contributed by atoms with Crippen LogP contribution in [0, 0.1) is 5.41 Å². The number of piperidine rings is 1. The van der Waals surface area contributed by atoms with Crippen molar-refractivity contribution in [3.05, 3.63) is 29.8 Å². The van der Waals surface area contributed by atoms with E-state index in [2.05, 4.69) is 30.9 Å². The number of hydrogen-bond donors (Lipinski definition) is 1. The van der Waals surface area contributed by atoms with E-state index in [0.29, 0.717) is 5.91 Å². The average molecular weight is 381 g/mol. The first-order valence-corrected chi connectivity index (χ1v) is 9.58. The van der Waals surface area contributed by atoms with Crippen LogP contribution in [-0.2, 0) is 10.2 Å². The van der Waals surface area contributed by atoms with Crippen molar-refractivity contribution in [3.8, 4) is 5.75 Å². The molecule has 0 bridgehead atoms. The molecule has 2 fully saturated rings. The SMILES string of the molecule is COc1ccc(C2(C(=O)N3CCC(N)C(C)(C)C3)CCCCC2)cc1.Cl. The largest absolute Gasteiger partial charge is 0.497 e. The third kappa shape index (κ3) is 3.86. The Labute approximate surface area is 163 Å². The monoisotopic (exact) mass is 380 g/mol. The quantitative estimate of drug-likeness (QED) is 0.864. The Balaban J connectivity index is 0.00000243. The van der Waals surface area contributed by atoms with Crippen LogP contribution >= 0.6 is 12.4 Å². The van der Waals surface area contributed by atoms with Crippen molar-refractivity contribution in [3.63, 3.8) is 0 Å². The number of hydrogen-bond acceptors (Lipinski definition) is 3. The number of amides is 1. The Kier molecular flexibility index (Phi) is 6.62. The van der Waals surface area contributed by atoms with E-state index in [4.69, 9.17) is 10.5 Å². The van der Waals surface area contributed by atoms with E-state index < -0.39 is 0 Å². The van der Waals surface area contributed by atoms with Gasteiger partial charge < -0.3 is 15.4 Å². The number of ether oxygens (including phenoxy) is 1. The van der Waals surface area contributed by atoms with Crippen LogP contribution in [0.5, 0.6) is 5.75 Å². The minimum Gasteiger partial charge on any atom is -0.497 e. The summed E-state index contributed by atoms with van der Waals surface area (Å²) in [6, 6.07) is 8.30. The second kappa shape index (κ2) is 8.18. The molecule has 1 aliphatic carbocycles. The second-order valence-electron chi connectivity index (χ2n) is 8.48. The fourth-order valence-electron chi connectivity index (χ4n) is 4.54. The van der Waals surface area contributed by atoms with Gasteiger partial charge in [0.2, 0.25) is 5.91 Å². The van der Waals surface area contributed by atoms with Crippen molar-refractivity contribution >= 4 is 18.3 Å². The molecule has 0 aromatic heterocycles. The standard InChI is InChI=1S/C21H32N2O2.ClH/c1-20(2)15-23(14-11-18(20)22)19(24)21(12-5-4-6-13-21)16-7-9-17(25-3)10-8-16;/h7-10,18H,4-6,11-15,22H2,1-3H3;1H. The van der Waals surface area contributed by atoms with Gasteiger partial charge in [-0.2, -0.15) is 0 Å². The molecule has 5 heteroatoms. The molecule has 1 amide bonds. The zero-order valence-corrected chi connectivity index (χ0v) is 17.1. The summed E-state index contributed by atoms with van der Waals surface area (Å²) in [6.07, 6.45) is 6.24. The number of methoxy groups -OCH3 is 1. The highest BCUT2D eigenvalue weighted by Gasteiger charge is 2.46. The van der Waals surface area contributed by atoms with Crippen LogP contribution in [-0.4, -0.2) is 37.0 Å². The molecular weight excluding hydrogens is 348 g/mol. The molecule has 2 aliphatic rings. The third-order valence-electron chi connectivity index (χ3n) is 6.36. The zero-order valence-electron chi connectivity index (χ0n) is 16.3. The van der Waals surface area contributed by atoms with Gasteiger partial charge in [-0.3, -0.25) is 4.79 Å². The Hall–Kier alpha value is -1.26. The zero-order chi connectivity index (χ0) is 18.1. The number of nitrogens with zero attached hydrogens (tertiary/aromatic N) is 1. The number of nitrogens with two attached hydrogens (primary N) is 1. The maximum Gasteiger partial charge on any atom is 0.233 e. The van der Waals surface area contributed by atoms with E-state index in [-0.39, 0.29) is 29.3 Å². The molecule has 3 rings (SSSR count). The van der Waals surface area contributed by atoms with E-state index in [9.17, 15) is 4.79 Å². The molecule has 1 saturated heterocycles. The van der Waals surface area contributed by atoms with Gasteiger partial charge in [0.15, 0.2) is 0 Å². The van der Waals surface area contributed by atoms with Crippen molar-refractivity contribution in [2.75, 3.05) is 20.2 Å². The van der Waals surface area contributed by atoms with Crippen LogP contribution in [0.4, 0.5) is 0 Å². The van der Waals surface area contributed by atoms with Gasteiger partial charge in [-0.05, 0) is 42.4 Å². The number of carbonyl (C=O) groups excluding carboxylic acids is 1. The summed E-state index contributed by atoms with van der Waals surface area (Å²) >= 11 is 0. The third-order valence-corrected chi connectivity index (χ3v) is 6.36. The summed E-state index contributed by atoms with van der Waals surface area (Å²) in [7, 11) is 1.68. The summed E-state index contributed by atoms with van der Waals surface area (Å²) in [5.41, 5.74) is 7.02. The van der Waals surface area contributed by atoms with Crippen LogP contribution in [0.2, 0.25) is 0 Å². The minimum absolute atomic E-state index is 0. The average Bonchev–Trinajstić information content (AvgIpc) is 2.64. The topological polar surface area (TPSA) is 55.6 Å². The maximum atomic E-state index is 13.7. The molecule has 26 heavy (non-hydrogen) atoms. The van der Waals surface area contributed by atoms with Gasteiger partial charge >= 0.3 is 0 Å². The van der Waals surface area contributed by atoms with Crippen molar-refractivity contribution in [2.45, 2.75) is 63.8 Å². The first kappa shape index (κ1) is 21.0. The summed E-state index contributed by atoms with van der Waals surface area (Å²) in [5.74, 6) is 1.14.